The molecule has 0 aliphatic rings. The van der Waals surface area contributed by atoms with Gasteiger partial charge in [0.25, 0.3) is 0 Å². The number of aromatic nitrogens is 1. The Labute approximate surface area is 145 Å². The number of carbonyl (C=O) groups excluding carboxylic acids is 1. The molecule has 0 fully saturated rings. The van der Waals surface area contributed by atoms with E-state index in [9.17, 15) is 4.79 Å². The summed E-state index contributed by atoms with van der Waals surface area (Å²) in [6.45, 7) is 0.647. The van der Waals surface area contributed by atoms with Crippen molar-refractivity contribution in [3.8, 4) is 0 Å². The van der Waals surface area contributed by atoms with Crippen molar-refractivity contribution in [1.82, 2.24) is 4.98 Å². The van der Waals surface area contributed by atoms with Crippen molar-refractivity contribution in [3.05, 3.63) is 88.2 Å². The van der Waals surface area contributed by atoms with Crippen molar-refractivity contribution in [2.45, 2.75) is 13.0 Å². The van der Waals surface area contributed by atoms with E-state index in [1.165, 1.54) is 0 Å². The van der Waals surface area contributed by atoms with Gasteiger partial charge in [0.2, 0.25) is 5.91 Å². The summed E-state index contributed by atoms with van der Waals surface area (Å²) in [4.78, 5) is 14.3. The Kier molecular flexibility index (Phi) is 4.87. The van der Waals surface area contributed by atoms with Crippen LogP contribution in [0.25, 0.3) is 0 Å². The van der Waals surface area contributed by atoms with Gasteiger partial charge in [-0.15, -0.1) is 0 Å². The van der Waals surface area contributed by atoms with Crippen LogP contribution in [-0.4, -0.2) is 10.9 Å². The van der Waals surface area contributed by atoms with E-state index in [-0.39, 0.29) is 0 Å². The normalized spacial score (nSPS) is 10.5. The minimum absolute atomic E-state index is 0.428. The largest absolute Gasteiger partial charge is 0.381 e. The summed E-state index contributed by atoms with van der Waals surface area (Å²) in [6.07, 6.45) is 2.32. The summed E-state index contributed by atoms with van der Waals surface area (Å²) in [5.74, 6) is -0.428. The number of hydrogen-bond acceptors (Lipinski definition) is 2. The number of anilines is 1. The fourth-order valence-corrected chi connectivity index (χ4v) is 2.77. The van der Waals surface area contributed by atoms with Crippen LogP contribution in [0.15, 0.2) is 60.8 Å². The first-order chi connectivity index (χ1) is 11.6. The first kappa shape index (κ1) is 16.1. The van der Waals surface area contributed by atoms with Crippen molar-refractivity contribution in [2.24, 2.45) is 5.73 Å². The molecule has 4 nitrogen and oxygen atoms in total. The van der Waals surface area contributed by atoms with Crippen LogP contribution in [-0.2, 0) is 13.0 Å². The van der Waals surface area contributed by atoms with Crippen molar-refractivity contribution < 1.29 is 4.79 Å². The van der Waals surface area contributed by atoms with Crippen LogP contribution in [0.3, 0.4) is 0 Å². The van der Waals surface area contributed by atoms with E-state index in [0.29, 0.717) is 18.5 Å². The van der Waals surface area contributed by atoms with Gasteiger partial charge in [-0.1, -0.05) is 48.0 Å². The van der Waals surface area contributed by atoms with Gasteiger partial charge in [0.15, 0.2) is 0 Å². The van der Waals surface area contributed by atoms with Crippen molar-refractivity contribution in [1.29, 1.82) is 0 Å². The molecule has 1 heterocycles. The number of nitrogens with one attached hydrogen (secondary N) is 2. The Morgan fingerprint density at radius 3 is 2.50 bits per heavy atom. The molecule has 2 aromatic carbocycles. The number of aromatic amines is 1. The number of nitrogens with two attached hydrogens (primary N) is 1. The van der Waals surface area contributed by atoms with Gasteiger partial charge in [-0.2, -0.15) is 0 Å². The highest BCUT2D eigenvalue weighted by atomic mass is 35.5. The van der Waals surface area contributed by atoms with Gasteiger partial charge in [0.05, 0.1) is 5.56 Å². The number of halogens is 1. The Morgan fingerprint density at radius 1 is 1.08 bits per heavy atom. The molecule has 0 unspecified atom stereocenters. The van der Waals surface area contributed by atoms with Gasteiger partial charge in [0, 0.05) is 35.6 Å². The highest BCUT2D eigenvalue weighted by molar-refractivity contribution is 6.31. The number of para-hydroxylation sites is 1. The molecular weight excluding hydrogens is 322 g/mol. The molecule has 0 spiro atoms. The lowest BCUT2D eigenvalue weighted by atomic mass is 10.1. The zero-order valence-corrected chi connectivity index (χ0v) is 13.8. The lowest BCUT2D eigenvalue weighted by molar-refractivity contribution is 0.100. The van der Waals surface area contributed by atoms with Gasteiger partial charge >= 0.3 is 0 Å². The highest BCUT2D eigenvalue weighted by Crippen LogP contribution is 2.22. The smallest absolute Gasteiger partial charge is 0.250 e. The molecule has 3 rings (SSSR count). The van der Waals surface area contributed by atoms with Crippen LogP contribution in [0.2, 0.25) is 5.02 Å². The molecule has 5 heteroatoms. The van der Waals surface area contributed by atoms with Crippen LogP contribution < -0.4 is 11.1 Å². The molecule has 0 atom stereocenters. The quantitative estimate of drug-likeness (QED) is 0.636. The predicted octanol–water partition coefficient (Wildman–Crippen LogP) is 3.97. The second kappa shape index (κ2) is 7.23. The van der Waals surface area contributed by atoms with Crippen LogP contribution in [0, 0.1) is 0 Å². The first-order valence-electron chi connectivity index (χ1n) is 7.66. The maximum absolute atomic E-state index is 11.2. The lowest BCUT2D eigenvalue weighted by Gasteiger charge is -2.12. The van der Waals surface area contributed by atoms with Crippen LogP contribution in [0.5, 0.6) is 0 Å². The summed E-state index contributed by atoms with van der Waals surface area (Å²) in [5, 5.41) is 4.18. The Hall–Kier alpha value is -2.72. The van der Waals surface area contributed by atoms with E-state index < -0.39 is 5.91 Å². The molecule has 0 saturated heterocycles. The maximum Gasteiger partial charge on any atom is 0.250 e. The summed E-state index contributed by atoms with van der Waals surface area (Å²) < 4.78 is 0. The molecular formula is C19H18ClN3O. The molecule has 1 amide bonds. The molecule has 3 aromatic rings. The fraction of sp³-hybridized carbons (Fsp3) is 0.105. The molecule has 0 aliphatic carbocycles. The minimum atomic E-state index is -0.428. The molecule has 0 radical (unpaired) electrons. The molecule has 122 valence electrons. The third-order valence-corrected chi connectivity index (χ3v) is 4.22. The number of carbonyl (C=O) groups is 1. The zero-order chi connectivity index (χ0) is 16.9. The average Bonchev–Trinajstić information content (AvgIpc) is 3.04. The molecule has 0 aliphatic heterocycles. The van der Waals surface area contributed by atoms with Crippen LogP contribution in [0.1, 0.15) is 27.2 Å². The summed E-state index contributed by atoms with van der Waals surface area (Å²) in [5.41, 5.74) is 9.93. The van der Waals surface area contributed by atoms with Gasteiger partial charge in [0.1, 0.15) is 0 Å². The number of H-pyrrole nitrogens is 1. The fourth-order valence-electron chi connectivity index (χ4n) is 2.57. The SMILES string of the molecule is NC(=O)c1c[nH]c(Cc2ccccc2NCc2ccccc2Cl)c1. The third-order valence-electron chi connectivity index (χ3n) is 3.85. The summed E-state index contributed by atoms with van der Waals surface area (Å²) in [6, 6.07) is 17.6. The van der Waals surface area contributed by atoms with E-state index in [1.807, 2.05) is 42.5 Å². The summed E-state index contributed by atoms with van der Waals surface area (Å²) in [7, 11) is 0. The summed E-state index contributed by atoms with van der Waals surface area (Å²) >= 11 is 6.20. The van der Waals surface area contributed by atoms with Crippen LogP contribution >= 0.6 is 11.6 Å². The predicted molar refractivity (Wildman–Crippen MR) is 97.3 cm³/mol. The van der Waals surface area contributed by atoms with E-state index >= 15 is 0 Å². The first-order valence-corrected chi connectivity index (χ1v) is 8.03. The van der Waals surface area contributed by atoms with Gasteiger partial charge < -0.3 is 16.0 Å². The zero-order valence-electron chi connectivity index (χ0n) is 13.1. The van der Waals surface area contributed by atoms with Crippen molar-refractivity contribution in [2.75, 3.05) is 5.32 Å². The molecule has 4 N–H and O–H groups in total. The van der Waals surface area contributed by atoms with E-state index in [2.05, 4.69) is 16.4 Å². The van der Waals surface area contributed by atoms with Gasteiger partial charge in [-0.3, -0.25) is 4.79 Å². The minimum Gasteiger partial charge on any atom is -0.381 e. The number of amides is 1. The van der Waals surface area contributed by atoms with Crippen molar-refractivity contribution in [3.63, 3.8) is 0 Å². The number of rotatable bonds is 6. The Morgan fingerprint density at radius 2 is 1.79 bits per heavy atom. The van der Waals surface area contributed by atoms with Gasteiger partial charge in [-0.25, -0.2) is 0 Å². The number of hydrogen-bond donors (Lipinski definition) is 3. The number of benzene rings is 2. The monoisotopic (exact) mass is 339 g/mol. The Balaban J connectivity index is 1.75. The average molecular weight is 340 g/mol. The topological polar surface area (TPSA) is 70.9 Å². The number of primary amides is 1. The van der Waals surface area contributed by atoms with Crippen LogP contribution in [0.4, 0.5) is 5.69 Å². The molecule has 24 heavy (non-hydrogen) atoms. The maximum atomic E-state index is 11.2. The Bertz CT molecular complexity index is 857. The molecule has 1 aromatic heterocycles. The van der Waals surface area contributed by atoms with E-state index in [0.717, 1.165) is 27.5 Å². The second-order valence-corrected chi connectivity index (χ2v) is 5.96. The molecule has 0 saturated carbocycles. The molecule has 0 bridgehead atoms. The van der Waals surface area contributed by atoms with E-state index in [4.69, 9.17) is 17.3 Å². The lowest BCUT2D eigenvalue weighted by Crippen LogP contribution is -2.09. The third kappa shape index (κ3) is 3.78. The second-order valence-electron chi connectivity index (χ2n) is 5.56. The van der Waals surface area contributed by atoms with Crippen molar-refractivity contribution >= 4 is 23.2 Å². The highest BCUT2D eigenvalue weighted by Gasteiger charge is 2.08. The van der Waals surface area contributed by atoms with Gasteiger partial charge in [-0.05, 0) is 29.3 Å². The standard InChI is InChI=1S/C19H18ClN3O/c20-17-7-3-1-6-14(17)11-23-18-8-4-2-5-13(18)9-16-10-15(12-22-16)19(21)24/h1-8,10,12,22-23H,9,11H2,(H2,21,24). The van der Waals surface area contributed by atoms with E-state index in [1.54, 1.807) is 12.3 Å².